The molecule has 0 aromatic heterocycles. The number of rotatable bonds is 7. The van der Waals surface area contributed by atoms with E-state index in [1.54, 1.807) is 7.11 Å². The molecule has 1 amide bonds. The van der Waals surface area contributed by atoms with Gasteiger partial charge in [-0.3, -0.25) is 4.79 Å². The van der Waals surface area contributed by atoms with Crippen molar-refractivity contribution in [1.29, 1.82) is 0 Å². The monoisotopic (exact) mass is 413 g/mol. The van der Waals surface area contributed by atoms with E-state index in [0.29, 0.717) is 11.5 Å². The largest absolute Gasteiger partial charge is 0.496 e. The number of ether oxygens (including phenoxy) is 1. The van der Waals surface area contributed by atoms with Gasteiger partial charge >= 0.3 is 0 Å². The van der Waals surface area contributed by atoms with Crippen molar-refractivity contribution in [3.8, 4) is 5.75 Å². The minimum atomic E-state index is -0.140. The Kier molecular flexibility index (Phi) is 7.30. The molecular weight excluding hydrogens is 382 g/mol. The van der Waals surface area contributed by atoms with Gasteiger partial charge in [0.25, 0.3) is 5.91 Å². The number of hydrogen-bond donors (Lipinski definition) is 1. The Balaban J connectivity index is 1.94. The third kappa shape index (κ3) is 5.43. The summed E-state index contributed by atoms with van der Waals surface area (Å²) in [6, 6.07) is 23.8. The Morgan fingerprint density at radius 2 is 1.52 bits per heavy atom. The van der Waals surface area contributed by atoms with Crippen molar-refractivity contribution in [2.75, 3.05) is 7.11 Å². The number of carbonyl (C=O) groups is 1. The van der Waals surface area contributed by atoms with Crippen molar-refractivity contribution >= 4 is 17.6 Å². The fraction of sp³-hybridized carbons (Fsp3) is 0.250. The second-order valence-electron chi connectivity index (χ2n) is 8.14. The van der Waals surface area contributed by atoms with E-state index in [4.69, 9.17) is 4.74 Å². The second kappa shape index (κ2) is 10.1. The number of nitrogens with one attached hydrogen (secondary N) is 1. The van der Waals surface area contributed by atoms with Crippen molar-refractivity contribution in [3.63, 3.8) is 0 Å². The summed E-state index contributed by atoms with van der Waals surface area (Å²) in [5, 5.41) is 3.21. The molecule has 0 bridgehead atoms. The fourth-order valence-electron chi connectivity index (χ4n) is 3.78. The maximum Gasteiger partial charge on any atom is 0.252 e. The maximum atomic E-state index is 13.4. The molecule has 0 fully saturated rings. The van der Waals surface area contributed by atoms with Gasteiger partial charge in [0.2, 0.25) is 0 Å². The van der Waals surface area contributed by atoms with Crippen molar-refractivity contribution < 1.29 is 9.53 Å². The van der Waals surface area contributed by atoms with Gasteiger partial charge in [-0.25, -0.2) is 0 Å². The molecule has 0 aliphatic rings. The third-order valence-electron chi connectivity index (χ3n) is 5.49. The van der Waals surface area contributed by atoms with Crippen molar-refractivity contribution in [2.45, 2.75) is 39.7 Å². The molecule has 0 aliphatic heterocycles. The zero-order chi connectivity index (χ0) is 22.4. The highest BCUT2D eigenvalue weighted by atomic mass is 16.5. The van der Waals surface area contributed by atoms with Gasteiger partial charge in [-0.1, -0.05) is 74.5 Å². The molecule has 0 heterocycles. The first kappa shape index (κ1) is 22.4. The van der Waals surface area contributed by atoms with E-state index in [9.17, 15) is 4.79 Å². The highest BCUT2D eigenvalue weighted by Crippen LogP contribution is 2.32. The van der Waals surface area contributed by atoms with Gasteiger partial charge in [0, 0.05) is 5.57 Å². The summed E-state index contributed by atoms with van der Waals surface area (Å²) in [6.07, 6.45) is 1.94. The molecule has 3 rings (SSSR count). The summed E-state index contributed by atoms with van der Waals surface area (Å²) < 4.78 is 5.57. The highest BCUT2D eigenvalue weighted by molar-refractivity contribution is 6.24. The number of carbonyl (C=O) groups excluding carboxylic acids is 1. The van der Waals surface area contributed by atoms with Crippen molar-refractivity contribution in [2.24, 2.45) is 0 Å². The van der Waals surface area contributed by atoms with Gasteiger partial charge in [0.05, 0.1) is 13.2 Å². The number of amides is 1. The minimum absolute atomic E-state index is 0.0936. The zero-order valence-electron chi connectivity index (χ0n) is 19.0. The lowest BCUT2D eigenvalue weighted by Crippen LogP contribution is -2.28. The van der Waals surface area contributed by atoms with Crippen LogP contribution in [0.2, 0.25) is 0 Å². The van der Waals surface area contributed by atoms with Crippen LogP contribution >= 0.6 is 0 Å². The normalized spacial score (nSPS) is 12.5. The molecule has 3 aromatic rings. The minimum Gasteiger partial charge on any atom is -0.496 e. The molecule has 1 atom stereocenters. The van der Waals surface area contributed by atoms with Crippen LogP contribution in [-0.2, 0) is 4.79 Å². The molecular formula is C28H31NO2. The standard InChI is InChI=1S/C28H31NO2/c1-19(2)24-18-25(20(3)16-27(24)31-5)21(4)29-28(30)26(23-14-10-7-11-15-23)17-22-12-8-6-9-13-22/h6-19,21H,1-5H3,(H,29,30)/b26-17+. The number of methoxy groups -OCH3 is 1. The quantitative estimate of drug-likeness (QED) is 0.352. The Labute approximate surface area is 185 Å². The van der Waals surface area contributed by atoms with E-state index in [0.717, 1.165) is 33.6 Å². The second-order valence-corrected chi connectivity index (χ2v) is 8.14. The smallest absolute Gasteiger partial charge is 0.252 e. The summed E-state index contributed by atoms with van der Waals surface area (Å²) in [7, 11) is 1.70. The van der Waals surface area contributed by atoms with Crippen molar-refractivity contribution in [3.05, 3.63) is 101 Å². The van der Waals surface area contributed by atoms with Gasteiger partial charge in [-0.05, 0) is 65.8 Å². The first-order valence-electron chi connectivity index (χ1n) is 10.7. The number of aryl methyl sites for hydroxylation is 1. The lowest BCUT2D eigenvalue weighted by atomic mass is 9.93. The topological polar surface area (TPSA) is 38.3 Å². The first-order chi connectivity index (χ1) is 14.9. The average Bonchev–Trinajstić information content (AvgIpc) is 2.78. The average molecular weight is 414 g/mol. The van der Waals surface area contributed by atoms with E-state index in [2.05, 4.69) is 38.2 Å². The molecule has 1 N–H and O–H groups in total. The van der Waals surface area contributed by atoms with Crippen LogP contribution in [0.1, 0.15) is 60.5 Å². The summed E-state index contributed by atoms with van der Waals surface area (Å²) in [4.78, 5) is 13.4. The summed E-state index contributed by atoms with van der Waals surface area (Å²) >= 11 is 0. The molecule has 3 aromatic carbocycles. The Morgan fingerprint density at radius 1 is 0.903 bits per heavy atom. The van der Waals surface area contributed by atoms with Crippen LogP contribution in [0.15, 0.2) is 72.8 Å². The Morgan fingerprint density at radius 3 is 2.10 bits per heavy atom. The molecule has 1 unspecified atom stereocenters. The van der Waals surface area contributed by atoms with Crippen LogP contribution in [0, 0.1) is 6.92 Å². The first-order valence-corrected chi connectivity index (χ1v) is 10.7. The highest BCUT2D eigenvalue weighted by Gasteiger charge is 2.19. The summed E-state index contributed by atoms with van der Waals surface area (Å²) in [6.45, 7) is 8.39. The fourth-order valence-corrected chi connectivity index (χ4v) is 3.78. The molecule has 3 heteroatoms. The lowest BCUT2D eigenvalue weighted by Gasteiger charge is -2.21. The lowest BCUT2D eigenvalue weighted by molar-refractivity contribution is -0.116. The molecule has 0 radical (unpaired) electrons. The Bertz CT molecular complexity index is 1050. The SMILES string of the molecule is COc1cc(C)c(C(C)NC(=O)/C(=C/c2ccccc2)c2ccccc2)cc1C(C)C. The summed E-state index contributed by atoms with van der Waals surface area (Å²) in [5.74, 6) is 1.13. The van der Waals surface area contributed by atoms with E-state index in [1.807, 2.05) is 73.7 Å². The summed E-state index contributed by atoms with van der Waals surface area (Å²) in [5.41, 5.74) is 5.88. The molecule has 0 spiro atoms. The Hall–Kier alpha value is -3.33. The van der Waals surface area contributed by atoms with E-state index >= 15 is 0 Å². The van der Waals surface area contributed by atoms with Gasteiger partial charge in [-0.2, -0.15) is 0 Å². The van der Waals surface area contributed by atoms with Crippen LogP contribution in [0.3, 0.4) is 0 Å². The van der Waals surface area contributed by atoms with E-state index < -0.39 is 0 Å². The van der Waals surface area contributed by atoms with Gasteiger partial charge < -0.3 is 10.1 Å². The zero-order valence-corrected chi connectivity index (χ0v) is 19.0. The van der Waals surface area contributed by atoms with Crippen LogP contribution < -0.4 is 10.1 Å². The molecule has 0 saturated heterocycles. The third-order valence-corrected chi connectivity index (χ3v) is 5.49. The predicted octanol–water partition coefficient (Wildman–Crippen LogP) is 6.55. The number of benzene rings is 3. The maximum absolute atomic E-state index is 13.4. The van der Waals surface area contributed by atoms with Crippen molar-refractivity contribution in [1.82, 2.24) is 5.32 Å². The van der Waals surface area contributed by atoms with Gasteiger partial charge in [0.1, 0.15) is 5.75 Å². The predicted molar refractivity (Wildman–Crippen MR) is 129 cm³/mol. The molecule has 0 aliphatic carbocycles. The molecule has 31 heavy (non-hydrogen) atoms. The van der Waals surface area contributed by atoms with Crippen LogP contribution in [-0.4, -0.2) is 13.0 Å². The number of hydrogen-bond acceptors (Lipinski definition) is 2. The van der Waals surface area contributed by atoms with E-state index in [1.165, 1.54) is 0 Å². The molecule has 3 nitrogen and oxygen atoms in total. The molecule has 160 valence electrons. The van der Waals surface area contributed by atoms with Gasteiger partial charge in [0.15, 0.2) is 0 Å². The van der Waals surface area contributed by atoms with Crippen LogP contribution in [0.4, 0.5) is 0 Å². The molecule has 0 saturated carbocycles. The van der Waals surface area contributed by atoms with Crippen LogP contribution in [0.25, 0.3) is 11.6 Å². The van der Waals surface area contributed by atoms with E-state index in [-0.39, 0.29) is 11.9 Å². The van der Waals surface area contributed by atoms with Gasteiger partial charge in [-0.15, -0.1) is 0 Å². The van der Waals surface area contributed by atoms with Crippen LogP contribution in [0.5, 0.6) is 5.75 Å².